The molecule has 0 aromatic rings. The predicted molar refractivity (Wildman–Crippen MR) is 98.6 cm³/mol. The summed E-state index contributed by atoms with van der Waals surface area (Å²) in [5, 5.41) is 10.1. The highest BCUT2D eigenvalue weighted by atomic mass is 16.3. The fourth-order valence-corrected chi connectivity index (χ4v) is 3.41. The lowest BCUT2D eigenvalue weighted by atomic mass is 9.93. The Hall–Kier alpha value is -0.630. The molecule has 1 rings (SSSR count). The van der Waals surface area contributed by atoms with Gasteiger partial charge in [0.15, 0.2) is 5.78 Å². The van der Waals surface area contributed by atoms with Gasteiger partial charge in [0.2, 0.25) is 0 Å². The van der Waals surface area contributed by atoms with Gasteiger partial charge in [-0.15, -0.1) is 0 Å². The van der Waals surface area contributed by atoms with Crippen LogP contribution in [0.2, 0.25) is 0 Å². The third-order valence-corrected chi connectivity index (χ3v) is 5.03. The molecule has 134 valence electrons. The topological polar surface area (TPSA) is 37.3 Å². The van der Waals surface area contributed by atoms with Gasteiger partial charge in [-0.3, -0.25) is 4.79 Å². The van der Waals surface area contributed by atoms with Crippen LogP contribution < -0.4 is 0 Å². The summed E-state index contributed by atoms with van der Waals surface area (Å²) in [6.07, 6.45) is 21.1. The van der Waals surface area contributed by atoms with Crippen LogP contribution in [-0.2, 0) is 4.79 Å². The van der Waals surface area contributed by atoms with E-state index in [0.29, 0.717) is 18.8 Å². The number of aliphatic hydroxyl groups excluding tert-OH is 1. The molecule has 0 saturated carbocycles. The average Bonchev–Trinajstić information content (AvgIpc) is 2.53. The monoisotopic (exact) mass is 322 g/mol. The molecule has 0 spiro atoms. The highest BCUT2D eigenvalue weighted by molar-refractivity contribution is 5.82. The standard InChI is InChI=1S/C21H38O2/c1-19-16-14-12-10-8-6-4-2-3-5-7-9-11-13-15-17-20(22)21(23)18-19/h2,4,19,21,23H,3,5-18H2,1H3/b4-2+/t19-,21?/m0/s1. The SMILES string of the molecule is C[C@H]1CCCCCC/C=C/CCCCCCCCC(=O)C(O)C1. The fraction of sp³-hybridized carbons (Fsp3) is 0.857. The van der Waals surface area contributed by atoms with Gasteiger partial charge in [0, 0.05) is 6.42 Å². The van der Waals surface area contributed by atoms with Crippen molar-refractivity contribution in [1.29, 1.82) is 0 Å². The summed E-state index contributed by atoms with van der Waals surface area (Å²) in [6, 6.07) is 0. The van der Waals surface area contributed by atoms with E-state index in [1.165, 1.54) is 64.2 Å². The second-order valence-corrected chi connectivity index (χ2v) is 7.45. The molecule has 23 heavy (non-hydrogen) atoms. The van der Waals surface area contributed by atoms with E-state index < -0.39 is 6.10 Å². The number of carbonyl (C=O) groups excluding carboxylic acids is 1. The van der Waals surface area contributed by atoms with E-state index in [9.17, 15) is 9.90 Å². The summed E-state index contributed by atoms with van der Waals surface area (Å²) in [7, 11) is 0. The van der Waals surface area contributed by atoms with Crippen LogP contribution in [0.5, 0.6) is 0 Å². The van der Waals surface area contributed by atoms with E-state index in [4.69, 9.17) is 0 Å². The molecule has 0 aliphatic heterocycles. The van der Waals surface area contributed by atoms with Gasteiger partial charge >= 0.3 is 0 Å². The molecule has 0 aromatic heterocycles. The first-order valence-electron chi connectivity index (χ1n) is 10.1. The lowest BCUT2D eigenvalue weighted by molar-refractivity contribution is -0.128. The number of rotatable bonds is 0. The van der Waals surface area contributed by atoms with Crippen molar-refractivity contribution in [3.8, 4) is 0 Å². The minimum Gasteiger partial charge on any atom is -0.385 e. The molecule has 2 nitrogen and oxygen atoms in total. The summed E-state index contributed by atoms with van der Waals surface area (Å²) in [5.74, 6) is 0.524. The number of aliphatic hydroxyl groups is 1. The molecule has 1 aliphatic carbocycles. The van der Waals surface area contributed by atoms with Gasteiger partial charge in [0.25, 0.3) is 0 Å². The van der Waals surface area contributed by atoms with E-state index in [2.05, 4.69) is 19.1 Å². The molecule has 1 aliphatic rings. The van der Waals surface area contributed by atoms with Crippen molar-refractivity contribution in [2.45, 2.75) is 109 Å². The van der Waals surface area contributed by atoms with Crippen molar-refractivity contribution in [2.75, 3.05) is 0 Å². The normalized spacial score (nSPS) is 29.7. The van der Waals surface area contributed by atoms with Crippen molar-refractivity contribution < 1.29 is 9.90 Å². The molecule has 2 atom stereocenters. The first kappa shape index (κ1) is 20.4. The molecule has 0 amide bonds. The van der Waals surface area contributed by atoms with Crippen LogP contribution in [-0.4, -0.2) is 17.0 Å². The summed E-state index contributed by atoms with van der Waals surface area (Å²) in [5.41, 5.74) is 0. The Morgan fingerprint density at radius 1 is 0.826 bits per heavy atom. The highest BCUT2D eigenvalue weighted by Gasteiger charge is 2.17. The quantitative estimate of drug-likeness (QED) is 0.557. The van der Waals surface area contributed by atoms with Gasteiger partial charge in [0.05, 0.1) is 0 Å². The Morgan fingerprint density at radius 2 is 1.35 bits per heavy atom. The first-order chi connectivity index (χ1) is 11.2. The summed E-state index contributed by atoms with van der Waals surface area (Å²) < 4.78 is 0. The van der Waals surface area contributed by atoms with Gasteiger partial charge in [-0.25, -0.2) is 0 Å². The molecular weight excluding hydrogens is 284 g/mol. The zero-order valence-electron chi connectivity index (χ0n) is 15.3. The second kappa shape index (κ2) is 13.8. The van der Waals surface area contributed by atoms with E-state index >= 15 is 0 Å². The van der Waals surface area contributed by atoms with Gasteiger partial charge in [-0.2, -0.15) is 0 Å². The first-order valence-corrected chi connectivity index (χ1v) is 10.1. The maximum absolute atomic E-state index is 12.0. The van der Waals surface area contributed by atoms with Crippen molar-refractivity contribution >= 4 is 5.78 Å². The van der Waals surface area contributed by atoms with Crippen molar-refractivity contribution in [2.24, 2.45) is 5.92 Å². The number of hydrogen-bond acceptors (Lipinski definition) is 2. The molecule has 0 saturated heterocycles. The van der Waals surface area contributed by atoms with Crippen LogP contribution in [0, 0.1) is 5.92 Å². The molecular formula is C21H38O2. The molecule has 0 aromatic carbocycles. The number of Topliss-reactive ketones (excluding diaryl/α,β-unsaturated/α-hetero) is 1. The molecule has 0 bridgehead atoms. The van der Waals surface area contributed by atoms with Gasteiger partial charge in [-0.1, -0.05) is 70.4 Å². The number of hydrogen-bond donors (Lipinski definition) is 1. The Morgan fingerprint density at radius 3 is 2.00 bits per heavy atom. The Balaban J connectivity index is 2.32. The van der Waals surface area contributed by atoms with E-state index in [1.807, 2.05) is 0 Å². The molecule has 0 heterocycles. The molecule has 1 unspecified atom stereocenters. The van der Waals surface area contributed by atoms with E-state index in [0.717, 1.165) is 19.3 Å². The maximum Gasteiger partial charge on any atom is 0.161 e. The minimum absolute atomic E-state index is 0.0661. The number of allylic oxidation sites excluding steroid dienone is 2. The van der Waals surface area contributed by atoms with Crippen LogP contribution in [0.3, 0.4) is 0 Å². The molecule has 0 fully saturated rings. The zero-order valence-corrected chi connectivity index (χ0v) is 15.3. The van der Waals surface area contributed by atoms with Crippen LogP contribution in [0.25, 0.3) is 0 Å². The third-order valence-electron chi connectivity index (χ3n) is 5.03. The molecule has 1 N–H and O–H groups in total. The van der Waals surface area contributed by atoms with Crippen LogP contribution in [0.1, 0.15) is 103 Å². The van der Waals surface area contributed by atoms with E-state index in [1.54, 1.807) is 0 Å². The minimum atomic E-state index is -0.722. The smallest absolute Gasteiger partial charge is 0.161 e. The van der Waals surface area contributed by atoms with Crippen LogP contribution in [0.4, 0.5) is 0 Å². The predicted octanol–water partition coefficient (Wildman–Crippen LogP) is 5.97. The Kier molecular flexibility index (Phi) is 12.2. The van der Waals surface area contributed by atoms with Crippen LogP contribution in [0.15, 0.2) is 12.2 Å². The van der Waals surface area contributed by atoms with E-state index in [-0.39, 0.29) is 5.78 Å². The van der Waals surface area contributed by atoms with Crippen molar-refractivity contribution in [3.63, 3.8) is 0 Å². The largest absolute Gasteiger partial charge is 0.385 e. The van der Waals surface area contributed by atoms with Gasteiger partial charge in [-0.05, 0) is 44.4 Å². The van der Waals surface area contributed by atoms with Crippen LogP contribution >= 0.6 is 0 Å². The van der Waals surface area contributed by atoms with Gasteiger partial charge < -0.3 is 5.11 Å². The maximum atomic E-state index is 12.0. The Labute approximate surface area is 143 Å². The third kappa shape index (κ3) is 11.5. The van der Waals surface area contributed by atoms with Crippen molar-refractivity contribution in [3.05, 3.63) is 12.2 Å². The summed E-state index contributed by atoms with van der Waals surface area (Å²) in [4.78, 5) is 12.0. The summed E-state index contributed by atoms with van der Waals surface area (Å²) >= 11 is 0. The lowest BCUT2D eigenvalue weighted by Gasteiger charge is -2.15. The average molecular weight is 323 g/mol. The Bertz CT molecular complexity index is 322. The molecule has 0 radical (unpaired) electrons. The fourth-order valence-electron chi connectivity index (χ4n) is 3.41. The molecule has 2 heteroatoms. The number of ketones is 1. The van der Waals surface area contributed by atoms with Gasteiger partial charge in [0.1, 0.15) is 6.10 Å². The summed E-state index contributed by atoms with van der Waals surface area (Å²) in [6.45, 7) is 2.17. The van der Waals surface area contributed by atoms with Crippen molar-refractivity contribution in [1.82, 2.24) is 0 Å². The lowest BCUT2D eigenvalue weighted by Crippen LogP contribution is -2.22. The highest BCUT2D eigenvalue weighted by Crippen LogP contribution is 2.18. The second-order valence-electron chi connectivity index (χ2n) is 7.45. The zero-order chi connectivity index (χ0) is 16.8. The number of carbonyl (C=O) groups is 1.